The number of rotatable bonds is 3. The van der Waals surface area contributed by atoms with Gasteiger partial charge in [0.15, 0.2) is 0 Å². The standard InChI is InChI=1S/C13H12F3N3O6/c1-5(20)9-10(7-4-6(19(24)25)2-3-8(7)21)17-11(22)18-12(9,23)13(14,15)16/h2-4,9-10,21,23H,1H3,(H2,17,18,22)/t9-,10+,12+/m0/s1. The summed E-state index contributed by atoms with van der Waals surface area (Å²) in [4.78, 5) is 33.4. The van der Waals surface area contributed by atoms with Crippen LogP contribution < -0.4 is 10.6 Å². The van der Waals surface area contributed by atoms with Crippen LogP contribution in [-0.2, 0) is 4.79 Å². The normalized spacial score (nSPS) is 26.5. The van der Waals surface area contributed by atoms with Crippen molar-refractivity contribution in [2.24, 2.45) is 5.92 Å². The first-order valence-electron chi connectivity index (χ1n) is 6.74. The summed E-state index contributed by atoms with van der Waals surface area (Å²) < 4.78 is 39.9. The molecule has 1 aromatic rings. The smallest absolute Gasteiger partial charge is 0.437 e. The molecule has 9 nitrogen and oxygen atoms in total. The first-order valence-corrected chi connectivity index (χ1v) is 6.74. The van der Waals surface area contributed by atoms with Crippen molar-refractivity contribution in [3.8, 4) is 5.75 Å². The highest BCUT2D eigenvalue weighted by molar-refractivity contribution is 5.86. The number of urea groups is 1. The number of nitro benzene ring substituents is 1. The zero-order valence-corrected chi connectivity index (χ0v) is 12.5. The van der Waals surface area contributed by atoms with Crippen molar-refractivity contribution in [1.82, 2.24) is 10.6 Å². The zero-order valence-electron chi connectivity index (χ0n) is 12.5. The molecule has 0 unspecified atom stereocenters. The topological polar surface area (TPSA) is 142 Å². The molecule has 0 radical (unpaired) electrons. The molecule has 4 N–H and O–H groups in total. The van der Waals surface area contributed by atoms with E-state index >= 15 is 0 Å². The molecule has 0 saturated carbocycles. The van der Waals surface area contributed by atoms with Gasteiger partial charge >= 0.3 is 12.2 Å². The van der Waals surface area contributed by atoms with Crippen LogP contribution in [0.4, 0.5) is 23.7 Å². The molecular formula is C13H12F3N3O6. The summed E-state index contributed by atoms with van der Waals surface area (Å²) in [6.45, 7) is 0.752. The van der Waals surface area contributed by atoms with Crippen LogP contribution in [0.15, 0.2) is 18.2 Å². The number of alkyl halides is 3. The van der Waals surface area contributed by atoms with Gasteiger partial charge in [-0.3, -0.25) is 14.9 Å². The molecular weight excluding hydrogens is 351 g/mol. The van der Waals surface area contributed by atoms with Gasteiger partial charge in [-0.15, -0.1) is 0 Å². The molecule has 0 bridgehead atoms. The number of aromatic hydroxyl groups is 1. The van der Waals surface area contributed by atoms with Crippen LogP contribution in [-0.4, -0.2) is 38.9 Å². The summed E-state index contributed by atoms with van der Waals surface area (Å²) in [6.07, 6.45) is -5.42. The predicted octanol–water partition coefficient (Wildman–Crippen LogP) is 1.11. The summed E-state index contributed by atoms with van der Waals surface area (Å²) in [5.74, 6) is -4.14. The van der Waals surface area contributed by atoms with Crippen molar-refractivity contribution in [1.29, 1.82) is 0 Å². The number of hydrogen-bond donors (Lipinski definition) is 4. The Hall–Kier alpha value is -2.89. The fraction of sp³-hybridized carbons (Fsp3) is 0.385. The molecule has 1 aliphatic heterocycles. The lowest BCUT2D eigenvalue weighted by atomic mass is 9.79. The van der Waals surface area contributed by atoms with Gasteiger partial charge < -0.3 is 20.8 Å². The highest BCUT2D eigenvalue weighted by Gasteiger charge is 2.65. The van der Waals surface area contributed by atoms with E-state index in [2.05, 4.69) is 0 Å². The molecule has 2 rings (SSSR count). The third-order valence-electron chi connectivity index (χ3n) is 3.80. The maximum atomic E-state index is 13.3. The van der Waals surface area contributed by atoms with Crippen molar-refractivity contribution >= 4 is 17.5 Å². The fourth-order valence-corrected chi connectivity index (χ4v) is 2.69. The maximum Gasteiger partial charge on any atom is 0.437 e. The number of benzene rings is 1. The van der Waals surface area contributed by atoms with Crippen LogP contribution in [0.25, 0.3) is 0 Å². The largest absolute Gasteiger partial charge is 0.508 e. The second-order valence-corrected chi connectivity index (χ2v) is 5.43. The van der Waals surface area contributed by atoms with E-state index in [1.54, 1.807) is 0 Å². The average Bonchev–Trinajstić information content (AvgIpc) is 2.44. The molecule has 136 valence electrons. The Morgan fingerprint density at radius 2 is 2.00 bits per heavy atom. The summed E-state index contributed by atoms with van der Waals surface area (Å²) in [5, 5.41) is 33.9. The van der Waals surface area contributed by atoms with Gasteiger partial charge in [0.2, 0.25) is 5.72 Å². The van der Waals surface area contributed by atoms with Crippen LogP contribution in [0.2, 0.25) is 0 Å². The van der Waals surface area contributed by atoms with Crippen molar-refractivity contribution < 1.29 is 37.9 Å². The fourth-order valence-electron chi connectivity index (χ4n) is 2.69. The van der Waals surface area contributed by atoms with Gasteiger partial charge in [0, 0.05) is 17.7 Å². The number of hydrogen-bond acceptors (Lipinski definition) is 6. The second-order valence-electron chi connectivity index (χ2n) is 5.43. The Kier molecular flexibility index (Phi) is 4.34. The molecule has 3 atom stereocenters. The molecule has 0 spiro atoms. The zero-order chi connectivity index (χ0) is 19.2. The molecule has 1 aromatic carbocycles. The quantitative estimate of drug-likeness (QED) is 0.468. The minimum absolute atomic E-state index is 0.507. The first kappa shape index (κ1) is 18.4. The van der Waals surface area contributed by atoms with Gasteiger partial charge in [0.05, 0.1) is 16.9 Å². The molecule has 2 amide bonds. The third kappa shape index (κ3) is 3.07. The van der Waals surface area contributed by atoms with Crippen LogP contribution >= 0.6 is 0 Å². The predicted molar refractivity (Wildman–Crippen MR) is 74.3 cm³/mol. The highest BCUT2D eigenvalue weighted by Crippen LogP contribution is 2.44. The number of carbonyl (C=O) groups is 2. The van der Waals surface area contributed by atoms with Crippen molar-refractivity contribution in [3.63, 3.8) is 0 Å². The van der Waals surface area contributed by atoms with E-state index in [1.807, 2.05) is 5.32 Å². The Balaban J connectivity index is 2.66. The minimum atomic E-state index is -5.42. The van der Waals surface area contributed by atoms with Gasteiger partial charge in [-0.25, -0.2) is 4.79 Å². The number of aliphatic hydroxyl groups is 1. The Morgan fingerprint density at radius 1 is 1.40 bits per heavy atom. The lowest BCUT2D eigenvalue weighted by molar-refractivity contribution is -0.385. The van der Waals surface area contributed by atoms with Gasteiger partial charge in [-0.1, -0.05) is 0 Å². The van der Waals surface area contributed by atoms with E-state index < -0.39 is 57.6 Å². The van der Waals surface area contributed by atoms with Crippen LogP contribution in [0, 0.1) is 16.0 Å². The summed E-state index contributed by atoms with van der Waals surface area (Å²) >= 11 is 0. The number of halogens is 3. The number of nitrogens with one attached hydrogen (secondary N) is 2. The van der Waals surface area contributed by atoms with E-state index in [4.69, 9.17) is 0 Å². The number of nitrogens with zero attached hydrogens (tertiary/aromatic N) is 1. The van der Waals surface area contributed by atoms with Crippen molar-refractivity contribution in [3.05, 3.63) is 33.9 Å². The number of amides is 2. The van der Waals surface area contributed by atoms with Gasteiger partial charge in [-0.05, 0) is 13.0 Å². The SMILES string of the molecule is CC(=O)[C@H]1[C@@H](c2cc([N+](=O)[O-])ccc2O)NC(=O)N[C@]1(O)C(F)(F)F. The lowest BCUT2D eigenvalue weighted by Crippen LogP contribution is -2.72. The molecule has 1 saturated heterocycles. The van der Waals surface area contributed by atoms with Gasteiger partial charge in [0.25, 0.3) is 5.69 Å². The van der Waals surface area contributed by atoms with E-state index in [1.165, 1.54) is 5.32 Å². The lowest BCUT2D eigenvalue weighted by Gasteiger charge is -2.44. The first-order chi connectivity index (χ1) is 11.4. The molecule has 1 heterocycles. The van der Waals surface area contributed by atoms with E-state index in [9.17, 15) is 43.1 Å². The summed E-state index contributed by atoms with van der Waals surface area (Å²) in [7, 11) is 0. The van der Waals surface area contributed by atoms with Crippen molar-refractivity contribution in [2.45, 2.75) is 24.9 Å². The average molecular weight is 363 g/mol. The number of phenolic OH excluding ortho intramolecular Hbond substituents is 1. The van der Waals surface area contributed by atoms with E-state index in [0.717, 1.165) is 25.1 Å². The van der Waals surface area contributed by atoms with Gasteiger partial charge in [0.1, 0.15) is 11.5 Å². The van der Waals surface area contributed by atoms with E-state index in [0.29, 0.717) is 0 Å². The highest BCUT2D eigenvalue weighted by atomic mass is 19.4. The van der Waals surface area contributed by atoms with Crippen molar-refractivity contribution in [2.75, 3.05) is 0 Å². The number of non-ortho nitro benzene ring substituents is 1. The summed E-state index contributed by atoms with van der Waals surface area (Å²) in [5.41, 5.74) is -5.01. The van der Waals surface area contributed by atoms with Crippen LogP contribution in [0.1, 0.15) is 18.5 Å². The van der Waals surface area contributed by atoms with Gasteiger partial charge in [-0.2, -0.15) is 13.2 Å². The number of Topliss-reactive ketones (excluding diaryl/α,β-unsaturated/α-hetero) is 1. The third-order valence-corrected chi connectivity index (χ3v) is 3.80. The monoisotopic (exact) mass is 363 g/mol. The summed E-state index contributed by atoms with van der Waals surface area (Å²) in [6, 6.07) is -0.865. The van der Waals surface area contributed by atoms with Crippen LogP contribution in [0.5, 0.6) is 5.75 Å². The number of carbonyl (C=O) groups excluding carboxylic acids is 2. The molecule has 0 aliphatic carbocycles. The number of phenols is 1. The molecule has 25 heavy (non-hydrogen) atoms. The molecule has 0 aromatic heterocycles. The maximum absolute atomic E-state index is 13.3. The van der Waals surface area contributed by atoms with E-state index in [-0.39, 0.29) is 0 Å². The molecule has 1 aliphatic rings. The molecule has 12 heteroatoms. The minimum Gasteiger partial charge on any atom is -0.508 e. The molecule has 1 fully saturated rings. The number of ketones is 1. The van der Waals surface area contributed by atoms with Crippen LogP contribution in [0.3, 0.4) is 0 Å². The number of nitro groups is 1. The Labute approximate surface area is 137 Å². The Morgan fingerprint density at radius 3 is 2.48 bits per heavy atom. The Bertz CT molecular complexity index is 753. The second kappa shape index (κ2) is 5.88.